The van der Waals surface area contributed by atoms with Gasteiger partial charge in [0, 0.05) is 6.54 Å². The van der Waals surface area contributed by atoms with E-state index in [4.69, 9.17) is 5.73 Å². The molecule has 0 atom stereocenters. The molecule has 5 N–H and O–H groups in total. The van der Waals surface area contributed by atoms with Gasteiger partial charge in [-0.15, -0.1) is 0 Å². The summed E-state index contributed by atoms with van der Waals surface area (Å²) < 4.78 is 0. The molecule has 1 aliphatic rings. The molecule has 21 heavy (non-hydrogen) atoms. The number of fused-ring (bicyclic) bond motifs is 1. The Bertz CT molecular complexity index is 617. The third kappa shape index (κ3) is 2.92. The molecule has 0 aliphatic heterocycles. The molecule has 114 valence electrons. The number of aromatic amines is 1. The first kappa shape index (κ1) is 14.1. The molecule has 2 heterocycles. The van der Waals surface area contributed by atoms with E-state index in [1.807, 2.05) is 0 Å². The van der Waals surface area contributed by atoms with Crippen molar-refractivity contribution < 1.29 is 5.11 Å². The van der Waals surface area contributed by atoms with Gasteiger partial charge in [0.2, 0.25) is 5.95 Å². The molecule has 0 saturated heterocycles. The van der Waals surface area contributed by atoms with E-state index in [0.29, 0.717) is 18.0 Å². The molecule has 1 aliphatic carbocycles. The fourth-order valence-electron chi connectivity index (χ4n) is 3.03. The van der Waals surface area contributed by atoms with Gasteiger partial charge in [-0.2, -0.15) is 9.97 Å². The number of H-pyrrole nitrogens is 1. The number of nitrogens with two attached hydrogens (primary N) is 1. The van der Waals surface area contributed by atoms with Gasteiger partial charge < -0.3 is 21.1 Å². The molecular weight excluding hydrogens is 268 g/mol. The SMILES string of the molecule is CCC1CCC(O)(CNc2nc(N)nc3nc[nH]c23)CC1. The molecular formula is C14H22N6O. The van der Waals surface area contributed by atoms with Crippen LogP contribution in [-0.4, -0.2) is 37.2 Å². The number of aliphatic hydroxyl groups is 1. The Morgan fingerprint density at radius 3 is 2.90 bits per heavy atom. The number of aromatic nitrogens is 4. The zero-order chi connectivity index (χ0) is 14.9. The van der Waals surface area contributed by atoms with Crippen LogP contribution < -0.4 is 11.1 Å². The van der Waals surface area contributed by atoms with Crippen LogP contribution in [0.5, 0.6) is 0 Å². The number of rotatable bonds is 4. The van der Waals surface area contributed by atoms with Crippen molar-refractivity contribution in [2.24, 2.45) is 5.92 Å². The van der Waals surface area contributed by atoms with Crippen LogP contribution in [0.25, 0.3) is 11.2 Å². The predicted molar refractivity (Wildman–Crippen MR) is 81.8 cm³/mol. The number of nitrogens with zero attached hydrogens (tertiary/aromatic N) is 3. The highest BCUT2D eigenvalue weighted by atomic mass is 16.3. The summed E-state index contributed by atoms with van der Waals surface area (Å²) >= 11 is 0. The van der Waals surface area contributed by atoms with E-state index in [1.165, 1.54) is 6.42 Å². The topological polar surface area (TPSA) is 113 Å². The van der Waals surface area contributed by atoms with Crippen LogP contribution in [0.1, 0.15) is 39.0 Å². The summed E-state index contributed by atoms with van der Waals surface area (Å²) in [5.74, 6) is 1.53. The minimum atomic E-state index is -0.669. The van der Waals surface area contributed by atoms with Gasteiger partial charge in [0.25, 0.3) is 0 Å². The van der Waals surface area contributed by atoms with Gasteiger partial charge in [0.1, 0.15) is 5.52 Å². The summed E-state index contributed by atoms with van der Waals surface area (Å²) in [6.07, 6.45) is 6.57. The van der Waals surface area contributed by atoms with Gasteiger partial charge >= 0.3 is 0 Å². The molecule has 1 fully saturated rings. The van der Waals surface area contributed by atoms with Crippen molar-refractivity contribution >= 4 is 22.9 Å². The highest BCUT2D eigenvalue weighted by Crippen LogP contribution is 2.34. The van der Waals surface area contributed by atoms with Crippen LogP contribution in [0.2, 0.25) is 0 Å². The van der Waals surface area contributed by atoms with Crippen molar-refractivity contribution in [3.63, 3.8) is 0 Å². The molecule has 1 saturated carbocycles. The van der Waals surface area contributed by atoms with E-state index in [2.05, 4.69) is 32.2 Å². The zero-order valence-electron chi connectivity index (χ0n) is 12.3. The van der Waals surface area contributed by atoms with Gasteiger partial charge in [0.05, 0.1) is 11.9 Å². The Balaban J connectivity index is 1.70. The Kier molecular flexibility index (Phi) is 3.67. The van der Waals surface area contributed by atoms with Crippen molar-refractivity contribution in [1.82, 2.24) is 19.9 Å². The Morgan fingerprint density at radius 2 is 2.19 bits per heavy atom. The van der Waals surface area contributed by atoms with Crippen LogP contribution in [0.4, 0.5) is 11.8 Å². The first-order valence-corrected chi connectivity index (χ1v) is 7.52. The predicted octanol–water partition coefficient (Wildman–Crippen LogP) is 1.68. The molecule has 3 rings (SSSR count). The zero-order valence-corrected chi connectivity index (χ0v) is 12.3. The lowest BCUT2D eigenvalue weighted by molar-refractivity contribution is 0.00225. The van der Waals surface area contributed by atoms with Gasteiger partial charge in [0.15, 0.2) is 11.5 Å². The number of nitrogens with one attached hydrogen (secondary N) is 2. The van der Waals surface area contributed by atoms with E-state index >= 15 is 0 Å². The largest absolute Gasteiger partial charge is 0.388 e. The molecule has 7 heteroatoms. The fourth-order valence-corrected chi connectivity index (χ4v) is 3.03. The summed E-state index contributed by atoms with van der Waals surface area (Å²) in [5.41, 5.74) is 6.27. The molecule has 2 aromatic rings. The number of nitrogen functional groups attached to an aromatic ring is 1. The summed E-state index contributed by atoms with van der Waals surface area (Å²) in [7, 11) is 0. The third-order valence-electron chi connectivity index (χ3n) is 4.50. The summed E-state index contributed by atoms with van der Waals surface area (Å²) in [6, 6.07) is 0. The van der Waals surface area contributed by atoms with Gasteiger partial charge in [-0.1, -0.05) is 13.3 Å². The molecule has 0 unspecified atom stereocenters. The monoisotopic (exact) mass is 290 g/mol. The van der Waals surface area contributed by atoms with Crippen LogP contribution in [0.3, 0.4) is 0 Å². The molecule has 0 bridgehead atoms. The van der Waals surface area contributed by atoms with Gasteiger partial charge in [-0.3, -0.25) is 0 Å². The van der Waals surface area contributed by atoms with Crippen molar-refractivity contribution in [3.8, 4) is 0 Å². The van der Waals surface area contributed by atoms with Crippen LogP contribution in [0, 0.1) is 5.92 Å². The molecule has 0 aromatic carbocycles. The second kappa shape index (κ2) is 5.48. The van der Waals surface area contributed by atoms with Gasteiger partial charge in [-0.05, 0) is 31.6 Å². The van der Waals surface area contributed by atoms with E-state index in [9.17, 15) is 5.11 Å². The van der Waals surface area contributed by atoms with Crippen LogP contribution in [0.15, 0.2) is 6.33 Å². The maximum absolute atomic E-state index is 10.7. The highest BCUT2D eigenvalue weighted by molar-refractivity contribution is 5.83. The first-order chi connectivity index (χ1) is 10.1. The van der Waals surface area contributed by atoms with Crippen LogP contribution in [-0.2, 0) is 0 Å². The summed E-state index contributed by atoms with van der Waals surface area (Å²) in [6.45, 7) is 2.68. The van der Waals surface area contributed by atoms with E-state index < -0.39 is 5.60 Å². The van der Waals surface area contributed by atoms with E-state index in [0.717, 1.165) is 37.1 Å². The Hall–Kier alpha value is -1.89. The quantitative estimate of drug-likeness (QED) is 0.681. The second-order valence-corrected chi connectivity index (χ2v) is 5.96. The standard InChI is InChI=1S/C14H22N6O/c1-2-9-3-5-14(21,6-4-9)7-16-11-10-12(18-8-17-10)20-13(15)19-11/h8-9,21H,2-7H2,1H3,(H4,15,16,17,18,19,20). The minimum absolute atomic E-state index is 0.179. The van der Waals surface area contributed by atoms with Crippen molar-refractivity contribution in [3.05, 3.63) is 6.33 Å². The number of imidazole rings is 1. The normalized spacial score (nSPS) is 26.1. The lowest BCUT2D eigenvalue weighted by atomic mass is 9.78. The minimum Gasteiger partial charge on any atom is -0.388 e. The average molecular weight is 290 g/mol. The number of hydrogen-bond donors (Lipinski definition) is 4. The molecule has 0 radical (unpaired) electrons. The Morgan fingerprint density at radius 1 is 1.43 bits per heavy atom. The lowest BCUT2D eigenvalue weighted by Crippen LogP contribution is -2.40. The van der Waals surface area contributed by atoms with Crippen molar-refractivity contribution in [2.45, 2.75) is 44.6 Å². The molecule has 7 nitrogen and oxygen atoms in total. The summed E-state index contributed by atoms with van der Waals surface area (Å²) in [5, 5.41) is 13.9. The highest BCUT2D eigenvalue weighted by Gasteiger charge is 2.32. The van der Waals surface area contributed by atoms with Crippen LogP contribution >= 0.6 is 0 Å². The summed E-state index contributed by atoms with van der Waals surface area (Å²) in [4.78, 5) is 15.3. The second-order valence-electron chi connectivity index (χ2n) is 5.96. The van der Waals surface area contributed by atoms with E-state index in [-0.39, 0.29) is 5.95 Å². The smallest absolute Gasteiger partial charge is 0.224 e. The average Bonchev–Trinajstić information content (AvgIpc) is 2.94. The number of hydrogen-bond acceptors (Lipinski definition) is 6. The van der Waals surface area contributed by atoms with Gasteiger partial charge in [-0.25, -0.2) is 4.98 Å². The third-order valence-corrected chi connectivity index (χ3v) is 4.50. The molecule has 2 aromatic heterocycles. The van der Waals surface area contributed by atoms with Crippen molar-refractivity contribution in [2.75, 3.05) is 17.6 Å². The fraction of sp³-hybridized carbons (Fsp3) is 0.643. The first-order valence-electron chi connectivity index (χ1n) is 7.52. The Labute approximate surface area is 123 Å². The molecule has 0 spiro atoms. The maximum atomic E-state index is 10.7. The number of anilines is 2. The molecule has 0 amide bonds. The maximum Gasteiger partial charge on any atom is 0.224 e. The lowest BCUT2D eigenvalue weighted by Gasteiger charge is -2.36. The van der Waals surface area contributed by atoms with Crippen molar-refractivity contribution in [1.29, 1.82) is 0 Å². The van der Waals surface area contributed by atoms with E-state index in [1.54, 1.807) is 6.33 Å².